The van der Waals surface area contributed by atoms with Crippen LogP contribution in [0.1, 0.15) is 58.1 Å². The first-order chi connectivity index (χ1) is 19.6. The van der Waals surface area contributed by atoms with Crippen LogP contribution in [0.5, 0.6) is 0 Å². The minimum absolute atomic E-state index is 0.0301. The Hall–Kier alpha value is -3.09. The van der Waals surface area contributed by atoms with Crippen LogP contribution in [-0.4, -0.2) is 60.7 Å². The summed E-state index contributed by atoms with van der Waals surface area (Å²) in [5.41, 5.74) is 1.58. The lowest BCUT2D eigenvalue weighted by atomic mass is 9.97. The molecule has 1 amide bonds. The topological polar surface area (TPSA) is 99.2 Å². The van der Waals surface area contributed by atoms with Crippen LogP contribution in [0.3, 0.4) is 0 Å². The van der Waals surface area contributed by atoms with Gasteiger partial charge < -0.3 is 19.1 Å². The van der Waals surface area contributed by atoms with Gasteiger partial charge in [0, 0.05) is 19.6 Å². The maximum absolute atomic E-state index is 13.5. The molecule has 0 saturated carbocycles. The van der Waals surface area contributed by atoms with E-state index >= 15 is 0 Å². The molecule has 1 saturated heterocycles. The molecule has 3 rings (SSSR count). The summed E-state index contributed by atoms with van der Waals surface area (Å²) in [5, 5.41) is 0. The highest BCUT2D eigenvalue weighted by Gasteiger charge is 2.44. The molecule has 0 N–H and O–H groups in total. The van der Waals surface area contributed by atoms with Gasteiger partial charge in [-0.25, -0.2) is 4.79 Å². The van der Waals surface area contributed by atoms with Gasteiger partial charge in [0.1, 0.15) is 6.04 Å². The van der Waals surface area contributed by atoms with Gasteiger partial charge in [0.05, 0.1) is 5.41 Å². The minimum Gasteiger partial charge on any atom is -0.427 e. The van der Waals surface area contributed by atoms with Gasteiger partial charge in [0.25, 0.3) is 11.8 Å². The van der Waals surface area contributed by atoms with Crippen LogP contribution >= 0.6 is 7.80 Å². The third-order valence-corrected chi connectivity index (χ3v) is 8.71. The van der Waals surface area contributed by atoms with E-state index in [-0.39, 0.29) is 18.0 Å². The molecule has 0 aromatic heterocycles. The zero-order valence-electron chi connectivity index (χ0n) is 24.6. The molecule has 0 aliphatic carbocycles. The Kier molecular flexibility index (Phi) is 12.5. The zero-order chi connectivity index (χ0) is 29.8. The largest absolute Gasteiger partial charge is 0.427 e. The molecule has 1 fully saturated rings. The average molecular weight is 585 g/mol. The fraction of sp³-hybridized carbons (Fsp3) is 0.531. The van der Waals surface area contributed by atoms with E-state index in [0.717, 1.165) is 18.4 Å². The lowest BCUT2D eigenvalue weighted by Gasteiger charge is -2.22. The number of carbonyl (C=O) groups excluding carboxylic acids is 3. The number of amides is 1. The molecule has 4 atom stereocenters. The van der Waals surface area contributed by atoms with E-state index in [9.17, 15) is 18.9 Å². The summed E-state index contributed by atoms with van der Waals surface area (Å²) in [5.74, 6) is -1.98. The first-order valence-electron chi connectivity index (χ1n) is 14.3. The van der Waals surface area contributed by atoms with E-state index in [1.165, 1.54) is 10.5 Å². The molecule has 1 aliphatic heterocycles. The maximum atomic E-state index is 13.5. The number of likely N-dealkylation sites (tertiary alicyclic amines) is 1. The highest BCUT2D eigenvalue weighted by molar-refractivity contribution is 7.46. The third-order valence-electron chi connectivity index (χ3n) is 7.08. The minimum atomic E-state index is -2.00. The summed E-state index contributed by atoms with van der Waals surface area (Å²) in [6.07, 6.45) is 3.10. The SMILES string of the molecule is CCOC(CCCc1ccccc1)[P+](=O)CC(=O)N1C[C@@H](Cc2ccccc2)C[C@H]1C(=O)OCOC(=O)C(C)(C)C. The van der Waals surface area contributed by atoms with Crippen molar-refractivity contribution in [3.05, 3.63) is 71.8 Å². The van der Waals surface area contributed by atoms with Gasteiger partial charge in [-0.3, -0.25) is 9.59 Å². The number of rotatable bonds is 14. The number of benzene rings is 2. The van der Waals surface area contributed by atoms with Crippen LogP contribution in [-0.2, 0) is 46.0 Å². The molecule has 1 heterocycles. The van der Waals surface area contributed by atoms with Crippen molar-refractivity contribution in [3.63, 3.8) is 0 Å². The number of carbonyl (C=O) groups is 3. The second-order valence-corrected chi connectivity index (χ2v) is 13.2. The van der Waals surface area contributed by atoms with Gasteiger partial charge in [-0.15, -0.1) is 0 Å². The van der Waals surface area contributed by atoms with E-state index < -0.39 is 43.8 Å². The zero-order valence-corrected chi connectivity index (χ0v) is 25.5. The fourth-order valence-electron chi connectivity index (χ4n) is 4.93. The van der Waals surface area contributed by atoms with Crippen molar-refractivity contribution in [3.8, 4) is 0 Å². The molecule has 1 aliphatic rings. The van der Waals surface area contributed by atoms with Crippen molar-refractivity contribution < 1.29 is 33.2 Å². The third kappa shape index (κ3) is 10.4. The van der Waals surface area contributed by atoms with Crippen LogP contribution in [0.25, 0.3) is 0 Å². The summed E-state index contributed by atoms with van der Waals surface area (Å²) < 4.78 is 29.5. The second-order valence-electron chi connectivity index (χ2n) is 11.5. The Balaban J connectivity index is 1.63. The second kappa shape index (κ2) is 15.8. The van der Waals surface area contributed by atoms with Crippen LogP contribution in [0.4, 0.5) is 0 Å². The Morgan fingerprint density at radius 3 is 2.22 bits per heavy atom. The van der Waals surface area contributed by atoms with Crippen molar-refractivity contribution >= 4 is 25.6 Å². The Morgan fingerprint density at radius 2 is 1.61 bits per heavy atom. The average Bonchev–Trinajstić information content (AvgIpc) is 3.37. The van der Waals surface area contributed by atoms with Gasteiger partial charge in [0.2, 0.25) is 13.0 Å². The summed E-state index contributed by atoms with van der Waals surface area (Å²) in [7, 11) is -2.00. The summed E-state index contributed by atoms with van der Waals surface area (Å²) in [6, 6.07) is 19.1. The van der Waals surface area contributed by atoms with Crippen LogP contribution < -0.4 is 0 Å². The summed E-state index contributed by atoms with van der Waals surface area (Å²) in [6.45, 7) is 7.21. The number of ether oxygens (including phenoxy) is 3. The Labute approximate surface area is 244 Å². The van der Waals surface area contributed by atoms with Gasteiger partial charge in [-0.05, 0) is 70.4 Å². The van der Waals surface area contributed by atoms with E-state index in [1.807, 2.05) is 55.5 Å². The lowest BCUT2D eigenvalue weighted by Crippen LogP contribution is -2.43. The molecule has 2 aromatic carbocycles. The maximum Gasteiger partial charge on any atom is 0.380 e. The van der Waals surface area contributed by atoms with Gasteiger partial charge >= 0.3 is 19.7 Å². The summed E-state index contributed by atoms with van der Waals surface area (Å²) >= 11 is 0. The van der Waals surface area contributed by atoms with Crippen molar-refractivity contribution in [2.75, 3.05) is 26.1 Å². The predicted molar refractivity (Wildman–Crippen MR) is 158 cm³/mol. The monoisotopic (exact) mass is 584 g/mol. The quantitative estimate of drug-likeness (QED) is 0.158. The van der Waals surface area contributed by atoms with Crippen LogP contribution in [0, 0.1) is 11.3 Å². The molecule has 41 heavy (non-hydrogen) atoms. The predicted octanol–water partition coefficient (Wildman–Crippen LogP) is 5.75. The Morgan fingerprint density at radius 1 is 0.976 bits per heavy atom. The smallest absolute Gasteiger partial charge is 0.380 e. The molecule has 8 nitrogen and oxygen atoms in total. The standard InChI is InChI=1S/C32H43NO7P/c1-5-38-29(18-12-17-24-13-8-6-9-14-24)41(37)22-28(34)33-21-26(19-25-15-10-7-11-16-25)20-27(33)30(35)39-23-40-31(36)32(2,3)4/h6-11,13-16,26-27,29H,5,12,17-23H2,1-4H3/q+1/t26-,27-,29?/m0/s1. The van der Waals surface area contributed by atoms with Crippen LogP contribution in [0.15, 0.2) is 60.7 Å². The van der Waals surface area contributed by atoms with Gasteiger partial charge in [-0.2, -0.15) is 0 Å². The molecule has 2 unspecified atom stereocenters. The van der Waals surface area contributed by atoms with Crippen molar-refractivity contribution in [1.82, 2.24) is 4.90 Å². The molecule has 9 heteroatoms. The van der Waals surface area contributed by atoms with Gasteiger partial charge in [-0.1, -0.05) is 65.2 Å². The lowest BCUT2D eigenvalue weighted by molar-refractivity contribution is -0.176. The molecule has 0 radical (unpaired) electrons. The van der Waals surface area contributed by atoms with E-state index in [4.69, 9.17) is 14.2 Å². The fourth-order valence-corrected chi connectivity index (χ4v) is 6.36. The van der Waals surface area contributed by atoms with E-state index in [1.54, 1.807) is 20.8 Å². The number of hydrogen-bond donors (Lipinski definition) is 0. The van der Waals surface area contributed by atoms with Crippen molar-refractivity contribution in [1.29, 1.82) is 0 Å². The van der Waals surface area contributed by atoms with Crippen LogP contribution in [0.2, 0.25) is 0 Å². The van der Waals surface area contributed by atoms with Crippen molar-refractivity contribution in [2.24, 2.45) is 11.3 Å². The number of aryl methyl sites for hydroxylation is 1. The van der Waals surface area contributed by atoms with Crippen molar-refractivity contribution in [2.45, 2.75) is 71.7 Å². The normalized spacial score (nSPS) is 18.0. The molecular formula is C32H43NO7P+. The summed E-state index contributed by atoms with van der Waals surface area (Å²) in [4.78, 5) is 40.1. The van der Waals surface area contributed by atoms with Gasteiger partial charge in [0.15, 0.2) is 0 Å². The molecule has 0 bridgehead atoms. The van der Waals surface area contributed by atoms with E-state index in [2.05, 4.69) is 12.1 Å². The molecular weight excluding hydrogens is 541 g/mol. The number of esters is 2. The first-order valence-corrected chi connectivity index (χ1v) is 15.9. The Bertz CT molecular complexity index is 1150. The molecule has 2 aromatic rings. The number of nitrogens with zero attached hydrogens (tertiary/aromatic N) is 1. The first kappa shape index (κ1) is 32.4. The highest BCUT2D eigenvalue weighted by atomic mass is 31.1. The number of hydrogen-bond acceptors (Lipinski definition) is 7. The molecule has 0 spiro atoms. The molecule has 222 valence electrons. The van der Waals surface area contributed by atoms with E-state index in [0.29, 0.717) is 32.4 Å². The highest BCUT2D eigenvalue weighted by Crippen LogP contribution is 2.35.